The van der Waals surface area contributed by atoms with E-state index < -0.39 is 12.0 Å². The quantitative estimate of drug-likeness (QED) is 0.666. The molecule has 0 bridgehead atoms. The van der Waals surface area contributed by atoms with Crippen molar-refractivity contribution in [2.24, 2.45) is 5.73 Å². The first-order valence-corrected chi connectivity index (χ1v) is 6.41. The van der Waals surface area contributed by atoms with Gasteiger partial charge in [-0.25, -0.2) is 4.79 Å². The molecular formula is C13H17ClN2O4. The molecule has 1 rings (SSSR count). The van der Waals surface area contributed by atoms with Gasteiger partial charge in [-0.05, 0) is 31.0 Å². The zero-order valence-electron chi connectivity index (χ0n) is 11.1. The number of hydrogen-bond acceptors (Lipinski definition) is 4. The lowest BCUT2D eigenvalue weighted by Gasteiger charge is -2.13. The minimum atomic E-state index is -1.08. The van der Waals surface area contributed by atoms with Crippen LogP contribution in [0.5, 0.6) is 0 Å². The van der Waals surface area contributed by atoms with Crippen LogP contribution < -0.4 is 11.1 Å². The predicted octanol–water partition coefficient (Wildman–Crippen LogP) is 1.73. The lowest BCUT2D eigenvalue weighted by molar-refractivity contribution is -0.117. The number of aromatic carboxylic acids is 1. The molecule has 6 nitrogen and oxygen atoms in total. The van der Waals surface area contributed by atoms with Crippen LogP contribution in [0.15, 0.2) is 18.2 Å². The molecule has 0 aliphatic rings. The standard InChI is InChI=1S/C13H17ClN2O4/c1-20-6-2-3-10(15)12(17)16-11-5-4-8(13(18)19)7-9(11)14/h4-5,7,10H,2-3,6,15H2,1H3,(H,16,17)(H,18,19). The molecule has 1 aromatic rings. The fourth-order valence-electron chi connectivity index (χ4n) is 1.55. The summed E-state index contributed by atoms with van der Waals surface area (Å²) in [4.78, 5) is 22.6. The first-order valence-electron chi connectivity index (χ1n) is 6.04. The van der Waals surface area contributed by atoms with Crippen molar-refractivity contribution < 1.29 is 19.4 Å². The van der Waals surface area contributed by atoms with Gasteiger partial charge in [-0.2, -0.15) is 0 Å². The van der Waals surface area contributed by atoms with Gasteiger partial charge >= 0.3 is 5.97 Å². The zero-order valence-corrected chi connectivity index (χ0v) is 11.8. The molecule has 1 aromatic carbocycles. The SMILES string of the molecule is COCCCC(N)C(=O)Nc1ccc(C(=O)O)cc1Cl. The average molecular weight is 301 g/mol. The van der Waals surface area contributed by atoms with Gasteiger partial charge in [0, 0.05) is 13.7 Å². The monoisotopic (exact) mass is 300 g/mol. The maximum atomic E-state index is 11.8. The van der Waals surface area contributed by atoms with Gasteiger partial charge in [0.15, 0.2) is 0 Å². The molecule has 0 heterocycles. The van der Waals surface area contributed by atoms with Gasteiger partial charge in [0.05, 0.1) is 22.3 Å². The second kappa shape index (κ2) is 7.84. The van der Waals surface area contributed by atoms with Crippen LogP contribution in [0.4, 0.5) is 5.69 Å². The number of nitrogens with two attached hydrogens (primary N) is 1. The van der Waals surface area contributed by atoms with Crippen molar-refractivity contribution in [3.63, 3.8) is 0 Å². The Labute approximate surface area is 121 Å². The van der Waals surface area contributed by atoms with Crippen LogP contribution in [0.25, 0.3) is 0 Å². The topological polar surface area (TPSA) is 102 Å². The van der Waals surface area contributed by atoms with Crippen LogP contribution in [0, 0.1) is 0 Å². The van der Waals surface area contributed by atoms with Gasteiger partial charge in [-0.1, -0.05) is 11.6 Å². The number of ether oxygens (including phenoxy) is 1. The lowest BCUT2D eigenvalue weighted by Crippen LogP contribution is -2.35. The van der Waals surface area contributed by atoms with Gasteiger partial charge in [0.1, 0.15) is 0 Å². The number of carbonyl (C=O) groups excluding carboxylic acids is 1. The molecule has 0 fully saturated rings. The van der Waals surface area contributed by atoms with Crippen molar-refractivity contribution in [3.8, 4) is 0 Å². The molecule has 0 radical (unpaired) electrons. The van der Waals surface area contributed by atoms with E-state index in [0.29, 0.717) is 25.1 Å². The maximum Gasteiger partial charge on any atom is 0.335 e. The van der Waals surface area contributed by atoms with Crippen LogP contribution in [-0.2, 0) is 9.53 Å². The molecule has 0 aliphatic carbocycles. The number of nitrogens with one attached hydrogen (secondary N) is 1. The lowest BCUT2D eigenvalue weighted by atomic mass is 10.1. The number of carboxylic acids is 1. The van der Waals surface area contributed by atoms with E-state index in [-0.39, 0.29) is 16.5 Å². The number of methoxy groups -OCH3 is 1. The molecule has 1 unspecified atom stereocenters. The Morgan fingerprint density at radius 2 is 2.20 bits per heavy atom. The number of carbonyl (C=O) groups is 2. The first-order chi connectivity index (χ1) is 9.45. The van der Waals surface area contributed by atoms with E-state index in [0.717, 1.165) is 0 Å². The minimum absolute atomic E-state index is 0.0531. The summed E-state index contributed by atoms with van der Waals surface area (Å²) >= 11 is 5.91. The minimum Gasteiger partial charge on any atom is -0.478 e. The molecule has 0 spiro atoms. The predicted molar refractivity (Wildman–Crippen MR) is 76.1 cm³/mol. The fourth-order valence-corrected chi connectivity index (χ4v) is 1.78. The third kappa shape index (κ3) is 4.80. The third-order valence-corrected chi connectivity index (χ3v) is 2.99. The van der Waals surface area contributed by atoms with Gasteiger partial charge in [-0.15, -0.1) is 0 Å². The molecule has 110 valence electrons. The summed E-state index contributed by atoms with van der Waals surface area (Å²) in [7, 11) is 1.58. The van der Waals surface area contributed by atoms with Crippen LogP contribution in [0.2, 0.25) is 5.02 Å². The molecule has 1 atom stereocenters. The Morgan fingerprint density at radius 3 is 2.75 bits per heavy atom. The van der Waals surface area contributed by atoms with Crippen molar-refractivity contribution in [3.05, 3.63) is 28.8 Å². The summed E-state index contributed by atoms with van der Waals surface area (Å²) in [6.45, 7) is 0.537. The largest absolute Gasteiger partial charge is 0.478 e. The highest BCUT2D eigenvalue weighted by molar-refractivity contribution is 6.34. The highest BCUT2D eigenvalue weighted by Crippen LogP contribution is 2.23. The number of anilines is 1. The van der Waals surface area contributed by atoms with E-state index in [1.165, 1.54) is 18.2 Å². The second-order valence-corrected chi connectivity index (χ2v) is 4.64. The highest BCUT2D eigenvalue weighted by atomic mass is 35.5. The van der Waals surface area contributed by atoms with Gasteiger partial charge < -0.3 is 20.9 Å². The average Bonchev–Trinajstić information content (AvgIpc) is 2.40. The third-order valence-electron chi connectivity index (χ3n) is 2.67. The zero-order chi connectivity index (χ0) is 15.1. The summed E-state index contributed by atoms with van der Waals surface area (Å²) in [6.07, 6.45) is 1.17. The van der Waals surface area contributed by atoms with Gasteiger partial charge in [-0.3, -0.25) is 4.79 Å². The smallest absolute Gasteiger partial charge is 0.335 e. The van der Waals surface area contributed by atoms with Crippen molar-refractivity contribution in [1.29, 1.82) is 0 Å². The Kier molecular flexibility index (Phi) is 6.44. The maximum absolute atomic E-state index is 11.8. The molecule has 0 aliphatic heterocycles. The van der Waals surface area contributed by atoms with E-state index in [2.05, 4.69) is 5.32 Å². The molecule has 0 saturated heterocycles. The van der Waals surface area contributed by atoms with E-state index >= 15 is 0 Å². The van der Waals surface area contributed by atoms with Crippen molar-refractivity contribution >= 4 is 29.2 Å². The molecule has 4 N–H and O–H groups in total. The highest BCUT2D eigenvalue weighted by Gasteiger charge is 2.15. The Balaban J connectivity index is 2.64. The molecule has 0 aromatic heterocycles. The van der Waals surface area contributed by atoms with E-state index in [1.54, 1.807) is 7.11 Å². The van der Waals surface area contributed by atoms with Crippen molar-refractivity contribution in [1.82, 2.24) is 0 Å². The molecule has 20 heavy (non-hydrogen) atoms. The summed E-state index contributed by atoms with van der Waals surface area (Å²) in [6, 6.07) is 3.40. The first kappa shape index (κ1) is 16.4. The summed E-state index contributed by atoms with van der Waals surface area (Å²) in [5.41, 5.74) is 6.12. The number of rotatable bonds is 7. The van der Waals surface area contributed by atoms with E-state index in [1.807, 2.05) is 0 Å². The van der Waals surface area contributed by atoms with Gasteiger partial charge in [0.2, 0.25) is 5.91 Å². The normalized spacial score (nSPS) is 11.9. The van der Waals surface area contributed by atoms with Crippen molar-refractivity contribution in [2.75, 3.05) is 19.0 Å². The molecular weight excluding hydrogens is 284 g/mol. The summed E-state index contributed by atoms with van der Waals surface area (Å²) in [5.74, 6) is -1.45. The molecule has 1 amide bonds. The Bertz CT molecular complexity index is 493. The second-order valence-electron chi connectivity index (χ2n) is 4.23. The fraction of sp³-hybridized carbons (Fsp3) is 0.385. The summed E-state index contributed by atoms with van der Waals surface area (Å²) in [5, 5.41) is 11.5. The van der Waals surface area contributed by atoms with Crippen LogP contribution in [0.3, 0.4) is 0 Å². The van der Waals surface area contributed by atoms with Crippen LogP contribution in [0.1, 0.15) is 23.2 Å². The number of hydrogen-bond donors (Lipinski definition) is 3. The van der Waals surface area contributed by atoms with E-state index in [4.69, 9.17) is 27.2 Å². The van der Waals surface area contributed by atoms with Crippen LogP contribution >= 0.6 is 11.6 Å². The number of halogens is 1. The molecule has 7 heteroatoms. The number of carboxylic acid groups (broad SMARTS) is 1. The van der Waals surface area contributed by atoms with Crippen molar-refractivity contribution in [2.45, 2.75) is 18.9 Å². The van der Waals surface area contributed by atoms with Crippen LogP contribution in [-0.4, -0.2) is 36.7 Å². The van der Waals surface area contributed by atoms with E-state index in [9.17, 15) is 9.59 Å². The number of benzene rings is 1. The Hall–Kier alpha value is -1.63. The summed E-state index contributed by atoms with van der Waals surface area (Å²) < 4.78 is 4.88. The Morgan fingerprint density at radius 1 is 1.50 bits per heavy atom. The molecule has 0 saturated carbocycles. The van der Waals surface area contributed by atoms with Gasteiger partial charge in [0.25, 0.3) is 0 Å². The number of amides is 1.